The monoisotopic (exact) mass is 301 g/mol. The predicted octanol–water partition coefficient (Wildman–Crippen LogP) is 3.56. The van der Waals surface area contributed by atoms with Crippen LogP contribution < -0.4 is 10.1 Å². The lowest BCUT2D eigenvalue weighted by Gasteiger charge is -2.13. The summed E-state index contributed by atoms with van der Waals surface area (Å²) >= 11 is 0. The Kier molecular flexibility index (Phi) is 5.20. The number of anilines is 1. The molecule has 0 fully saturated rings. The van der Waals surface area contributed by atoms with E-state index in [2.05, 4.69) is 22.4 Å². The topological polar surface area (TPSA) is 67.0 Å². The Morgan fingerprint density at radius 2 is 2.18 bits per heavy atom. The van der Waals surface area contributed by atoms with E-state index < -0.39 is 0 Å². The molecule has 1 atom stereocenters. The molecule has 2 N–H and O–H groups in total. The van der Waals surface area contributed by atoms with E-state index in [9.17, 15) is 4.79 Å². The average molecular weight is 301 g/mol. The van der Waals surface area contributed by atoms with Crippen LogP contribution in [-0.4, -0.2) is 22.7 Å². The van der Waals surface area contributed by atoms with Crippen molar-refractivity contribution in [3.05, 3.63) is 41.2 Å². The molecular weight excluding hydrogens is 278 g/mol. The third kappa shape index (κ3) is 3.67. The van der Waals surface area contributed by atoms with E-state index in [-0.39, 0.29) is 11.8 Å². The first-order valence-electron chi connectivity index (χ1n) is 7.58. The third-order valence-electron chi connectivity index (χ3n) is 3.59. The Hall–Kier alpha value is -2.30. The normalized spacial score (nSPS) is 12.0. The molecule has 2 rings (SSSR count). The van der Waals surface area contributed by atoms with Gasteiger partial charge in [-0.15, -0.1) is 0 Å². The second kappa shape index (κ2) is 7.11. The number of aromatic nitrogens is 2. The molecule has 5 nitrogen and oxygen atoms in total. The second-order valence-electron chi connectivity index (χ2n) is 5.43. The zero-order valence-electron chi connectivity index (χ0n) is 13.6. The van der Waals surface area contributed by atoms with Crippen molar-refractivity contribution >= 4 is 11.6 Å². The van der Waals surface area contributed by atoms with Gasteiger partial charge in [-0.05, 0) is 39.3 Å². The van der Waals surface area contributed by atoms with E-state index >= 15 is 0 Å². The third-order valence-corrected chi connectivity index (χ3v) is 3.59. The summed E-state index contributed by atoms with van der Waals surface area (Å²) in [6, 6.07) is 7.46. The van der Waals surface area contributed by atoms with E-state index in [4.69, 9.17) is 4.74 Å². The first-order valence-corrected chi connectivity index (χ1v) is 7.58. The molecule has 2 aromatic rings. The van der Waals surface area contributed by atoms with E-state index in [0.29, 0.717) is 6.61 Å². The Bertz CT molecular complexity index is 630. The number of rotatable bonds is 6. The van der Waals surface area contributed by atoms with Crippen molar-refractivity contribution in [1.82, 2.24) is 10.2 Å². The number of nitrogens with zero attached hydrogens (tertiary/aromatic N) is 1. The van der Waals surface area contributed by atoms with Gasteiger partial charge in [-0.1, -0.05) is 13.0 Å². The molecule has 0 bridgehead atoms. The first kappa shape index (κ1) is 16.1. The van der Waals surface area contributed by atoms with Gasteiger partial charge in [-0.2, -0.15) is 5.10 Å². The fraction of sp³-hybridized carbons (Fsp3) is 0.412. The molecule has 0 saturated carbocycles. The molecule has 1 aromatic heterocycles. The van der Waals surface area contributed by atoms with Crippen LogP contribution in [0.1, 0.15) is 43.1 Å². The number of nitrogens with one attached hydrogen (secondary N) is 2. The number of benzene rings is 1. The molecule has 5 heteroatoms. The smallest absolute Gasteiger partial charge is 0.231 e. The summed E-state index contributed by atoms with van der Waals surface area (Å²) in [6.45, 7) is 8.45. The summed E-state index contributed by atoms with van der Waals surface area (Å²) < 4.78 is 5.58. The highest BCUT2D eigenvalue weighted by molar-refractivity contribution is 5.96. The van der Waals surface area contributed by atoms with Crippen molar-refractivity contribution in [3.8, 4) is 5.75 Å². The summed E-state index contributed by atoms with van der Waals surface area (Å²) in [5, 5.41) is 10.0. The van der Waals surface area contributed by atoms with Crippen molar-refractivity contribution in [2.45, 2.75) is 40.0 Å². The van der Waals surface area contributed by atoms with Gasteiger partial charge in [0.2, 0.25) is 5.91 Å². The highest BCUT2D eigenvalue weighted by Gasteiger charge is 2.21. The molecule has 1 amide bonds. The minimum absolute atomic E-state index is 0.0553. The van der Waals surface area contributed by atoms with Crippen LogP contribution >= 0.6 is 0 Å². The van der Waals surface area contributed by atoms with Crippen molar-refractivity contribution in [1.29, 1.82) is 0 Å². The van der Waals surface area contributed by atoms with Gasteiger partial charge in [-0.3, -0.25) is 9.89 Å². The number of carbonyl (C=O) groups excluding carboxylic acids is 1. The van der Waals surface area contributed by atoms with Gasteiger partial charge in [0.25, 0.3) is 0 Å². The van der Waals surface area contributed by atoms with Crippen LogP contribution in [0.2, 0.25) is 0 Å². The molecule has 0 saturated heterocycles. The summed E-state index contributed by atoms with van der Waals surface area (Å²) in [7, 11) is 0. The summed E-state index contributed by atoms with van der Waals surface area (Å²) in [4.78, 5) is 12.4. The van der Waals surface area contributed by atoms with Crippen LogP contribution in [-0.2, 0) is 4.79 Å². The molecule has 0 aliphatic rings. The standard InChI is InChI=1S/C17H23N3O2/c1-5-9-22-15-8-6-7-14(10-15)18-17(21)11(2)16-12(3)19-20-13(16)4/h6-8,10-11H,5,9H2,1-4H3,(H,18,21)(H,19,20)/t11-/m0/s1. The molecule has 1 heterocycles. The Balaban J connectivity index is 2.08. The number of carbonyl (C=O) groups is 1. The van der Waals surface area contributed by atoms with Crippen molar-refractivity contribution in [2.24, 2.45) is 0 Å². The maximum Gasteiger partial charge on any atom is 0.231 e. The quantitative estimate of drug-likeness (QED) is 0.857. The fourth-order valence-electron chi connectivity index (χ4n) is 2.46. The number of H-pyrrole nitrogens is 1. The molecule has 0 aliphatic heterocycles. The zero-order valence-corrected chi connectivity index (χ0v) is 13.6. The summed E-state index contributed by atoms with van der Waals surface area (Å²) in [5.41, 5.74) is 3.49. The molecule has 0 aliphatic carbocycles. The maximum atomic E-state index is 12.4. The molecule has 0 unspecified atom stereocenters. The number of amides is 1. The van der Waals surface area contributed by atoms with E-state index in [0.717, 1.165) is 34.8 Å². The molecule has 0 spiro atoms. The fourth-order valence-corrected chi connectivity index (χ4v) is 2.46. The maximum absolute atomic E-state index is 12.4. The average Bonchev–Trinajstić information content (AvgIpc) is 2.84. The highest BCUT2D eigenvalue weighted by atomic mass is 16.5. The van der Waals surface area contributed by atoms with Crippen molar-refractivity contribution in [2.75, 3.05) is 11.9 Å². The Labute approximate surface area is 131 Å². The van der Waals surface area contributed by atoms with E-state index in [1.165, 1.54) is 0 Å². The minimum Gasteiger partial charge on any atom is -0.494 e. The number of aryl methyl sites for hydroxylation is 2. The van der Waals surface area contributed by atoms with Crippen LogP contribution in [0.25, 0.3) is 0 Å². The molecule has 1 aromatic carbocycles. The lowest BCUT2D eigenvalue weighted by molar-refractivity contribution is -0.117. The number of aromatic amines is 1. The van der Waals surface area contributed by atoms with Gasteiger partial charge in [0.05, 0.1) is 18.2 Å². The van der Waals surface area contributed by atoms with Crippen LogP contribution in [0.4, 0.5) is 5.69 Å². The van der Waals surface area contributed by atoms with Crippen LogP contribution in [0.5, 0.6) is 5.75 Å². The second-order valence-corrected chi connectivity index (χ2v) is 5.43. The lowest BCUT2D eigenvalue weighted by Crippen LogP contribution is -2.19. The lowest BCUT2D eigenvalue weighted by atomic mass is 9.98. The zero-order chi connectivity index (χ0) is 16.1. The van der Waals surface area contributed by atoms with Gasteiger partial charge >= 0.3 is 0 Å². The van der Waals surface area contributed by atoms with E-state index in [1.54, 1.807) is 0 Å². The number of hydrogen-bond acceptors (Lipinski definition) is 3. The van der Waals surface area contributed by atoms with Gasteiger partial charge < -0.3 is 10.1 Å². The van der Waals surface area contributed by atoms with Gasteiger partial charge in [0.1, 0.15) is 5.75 Å². The molecule has 118 valence electrons. The van der Waals surface area contributed by atoms with Crippen LogP contribution in [0, 0.1) is 13.8 Å². The minimum atomic E-state index is -0.265. The SMILES string of the molecule is CCCOc1cccc(NC(=O)[C@@H](C)c2c(C)n[nH]c2C)c1. The van der Waals surface area contributed by atoms with Crippen LogP contribution in [0.3, 0.4) is 0 Å². The van der Waals surface area contributed by atoms with Crippen molar-refractivity contribution in [3.63, 3.8) is 0 Å². The Morgan fingerprint density at radius 1 is 1.41 bits per heavy atom. The van der Waals surface area contributed by atoms with Gasteiger partial charge in [-0.25, -0.2) is 0 Å². The largest absolute Gasteiger partial charge is 0.494 e. The molecule has 22 heavy (non-hydrogen) atoms. The van der Waals surface area contributed by atoms with Crippen LogP contribution in [0.15, 0.2) is 24.3 Å². The summed E-state index contributed by atoms with van der Waals surface area (Å²) in [5.74, 6) is 0.446. The summed E-state index contributed by atoms with van der Waals surface area (Å²) in [6.07, 6.45) is 0.951. The highest BCUT2D eigenvalue weighted by Crippen LogP contribution is 2.24. The van der Waals surface area contributed by atoms with E-state index in [1.807, 2.05) is 45.0 Å². The van der Waals surface area contributed by atoms with Gasteiger partial charge in [0.15, 0.2) is 0 Å². The Morgan fingerprint density at radius 3 is 2.82 bits per heavy atom. The number of ether oxygens (including phenoxy) is 1. The molecule has 0 radical (unpaired) electrons. The van der Waals surface area contributed by atoms with Crippen molar-refractivity contribution < 1.29 is 9.53 Å². The molecular formula is C17H23N3O2. The predicted molar refractivity (Wildman–Crippen MR) is 87.3 cm³/mol. The number of hydrogen-bond donors (Lipinski definition) is 2. The van der Waals surface area contributed by atoms with Gasteiger partial charge in [0, 0.05) is 23.0 Å². The first-order chi connectivity index (χ1) is 10.5.